The zero-order valence-electron chi connectivity index (χ0n) is 16.4. The summed E-state index contributed by atoms with van der Waals surface area (Å²) < 4.78 is 15.6. The molecule has 1 atom stereocenters. The normalized spacial score (nSPS) is 16.1. The summed E-state index contributed by atoms with van der Waals surface area (Å²) in [6.45, 7) is 3.54. The minimum absolute atomic E-state index is 0.145. The first-order valence-electron chi connectivity index (χ1n) is 9.25. The smallest absolute Gasteiger partial charge is 0.338 e. The fraction of sp³-hybridized carbons (Fsp3) is 0.450. The fourth-order valence-electron chi connectivity index (χ4n) is 2.95. The van der Waals surface area contributed by atoms with Gasteiger partial charge in [-0.2, -0.15) is 0 Å². The van der Waals surface area contributed by atoms with Gasteiger partial charge in [0.25, 0.3) is 0 Å². The average molecular weight is 390 g/mol. The molecule has 1 aromatic rings. The van der Waals surface area contributed by atoms with Gasteiger partial charge in [0.05, 0.1) is 31.0 Å². The van der Waals surface area contributed by atoms with Crippen molar-refractivity contribution in [3.8, 4) is 5.75 Å². The third-order valence-electron chi connectivity index (χ3n) is 4.32. The second-order valence-electron chi connectivity index (χ2n) is 6.14. The van der Waals surface area contributed by atoms with Crippen LogP contribution in [-0.4, -0.2) is 44.3 Å². The third-order valence-corrected chi connectivity index (χ3v) is 4.32. The van der Waals surface area contributed by atoms with E-state index >= 15 is 0 Å². The standard InChI is InChI=1S/C20H26N2O6/c1-4-14-18(19(24)27-5-2)15(22-20(25)21-14)12-28-17(23)11-10-13-8-6-7-9-16(13)26-3/h6-9,14H,4-5,10-12H2,1-3H3,(H2,21,22,25)/t14-/m1/s1. The number of para-hydroxylation sites is 1. The number of esters is 2. The minimum Gasteiger partial charge on any atom is -0.496 e. The van der Waals surface area contributed by atoms with Crippen LogP contribution in [0.25, 0.3) is 0 Å². The molecule has 0 unspecified atom stereocenters. The van der Waals surface area contributed by atoms with Crippen molar-refractivity contribution in [2.24, 2.45) is 0 Å². The monoisotopic (exact) mass is 390 g/mol. The SMILES string of the molecule is CCOC(=O)C1=C(COC(=O)CCc2ccccc2OC)NC(=O)N[C@@H]1CC. The molecule has 1 aliphatic heterocycles. The number of urea groups is 1. The van der Waals surface area contributed by atoms with Crippen LogP contribution in [0.4, 0.5) is 4.79 Å². The number of hydrogen-bond donors (Lipinski definition) is 2. The van der Waals surface area contributed by atoms with Crippen molar-refractivity contribution >= 4 is 18.0 Å². The van der Waals surface area contributed by atoms with Crippen LogP contribution in [0.5, 0.6) is 5.75 Å². The van der Waals surface area contributed by atoms with E-state index in [2.05, 4.69) is 10.6 Å². The summed E-state index contributed by atoms with van der Waals surface area (Å²) in [7, 11) is 1.57. The molecule has 1 aliphatic rings. The van der Waals surface area contributed by atoms with Crippen molar-refractivity contribution < 1.29 is 28.6 Å². The number of ether oxygens (including phenoxy) is 3. The molecule has 2 amide bonds. The molecular weight excluding hydrogens is 364 g/mol. The van der Waals surface area contributed by atoms with Crippen LogP contribution in [0.1, 0.15) is 32.3 Å². The number of nitrogens with one attached hydrogen (secondary N) is 2. The van der Waals surface area contributed by atoms with E-state index in [0.29, 0.717) is 18.6 Å². The van der Waals surface area contributed by atoms with E-state index < -0.39 is 24.0 Å². The highest BCUT2D eigenvalue weighted by atomic mass is 16.5. The Morgan fingerprint density at radius 2 is 1.89 bits per heavy atom. The quantitative estimate of drug-likeness (QED) is 0.626. The average Bonchev–Trinajstić information content (AvgIpc) is 2.70. The fourth-order valence-corrected chi connectivity index (χ4v) is 2.95. The predicted molar refractivity (Wildman–Crippen MR) is 102 cm³/mol. The van der Waals surface area contributed by atoms with E-state index in [1.54, 1.807) is 14.0 Å². The first-order chi connectivity index (χ1) is 13.5. The summed E-state index contributed by atoms with van der Waals surface area (Å²) >= 11 is 0. The summed E-state index contributed by atoms with van der Waals surface area (Å²) in [6, 6.07) is 6.50. The van der Waals surface area contributed by atoms with E-state index in [1.165, 1.54) is 0 Å². The number of benzene rings is 1. The van der Waals surface area contributed by atoms with Gasteiger partial charge in [0.15, 0.2) is 0 Å². The first kappa shape index (κ1) is 21.3. The Hall–Kier alpha value is -3.03. The highest BCUT2D eigenvalue weighted by Crippen LogP contribution is 2.20. The van der Waals surface area contributed by atoms with Gasteiger partial charge >= 0.3 is 18.0 Å². The maximum Gasteiger partial charge on any atom is 0.338 e. The Bertz CT molecular complexity index is 759. The van der Waals surface area contributed by atoms with E-state index in [0.717, 1.165) is 5.56 Å². The van der Waals surface area contributed by atoms with Crippen LogP contribution in [0.3, 0.4) is 0 Å². The second-order valence-corrected chi connectivity index (χ2v) is 6.14. The largest absolute Gasteiger partial charge is 0.496 e. The summed E-state index contributed by atoms with van der Waals surface area (Å²) in [5.74, 6) is -0.275. The van der Waals surface area contributed by atoms with E-state index in [-0.39, 0.29) is 30.9 Å². The van der Waals surface area contributed by atoms with Crippen molar-refractivity contribution in [2.75, 3.05) is 20.3 Å². The molecule has 0 bridgehead atoms. The van der Waals surface area contributed by atoms with E-state index in [4.69, 9.17) is 14.2 Å². The van der Waals surface area contributed by atoms with Crippen LogP contribution in [0.15, 0.2) is 35.5 Å². The molecule has 0 radical (unpaired) electrons. The van der Waals surface area contributed by atoms with Crippen molar-refractivity contribution in [1.29, 1.82) is 0 Å². The lowest BCUT2D eigenvalue weighted by Gasteiger charge is -2.28. The van der Waals surface area contributed by atoms with E-state index in [1.807, 2.05) is 31.2 Å². The molecule has 1 heterocycles. The Morgan fingerprint density at radius 3 is 2.57 bits per heavy atom. The minimum atomic E-state index is -0.540. The molecule has 0 saturated carbocycles. The molecular formula is C20H26N2O6. The van der Waals surface area contributed by atoms with Crippen LogP contribution >= 0.6 is 0 Å². The highest BCUT2D eigenvalue weighted by Gasteiger charge is 2.31. The second kappa shape index (κ2) is 10.3. The van der Waals surface area contributed by atoms with Crippen LogP contribution in [0.2, 0.25) is 0 Å². The zero-order chi connectivity index (χ0) is 20.5. The first-order valence-corrected chi connectivity index (χ1v) is 9.25. The third kappa shape index (κ3) is 5.48. The molecule has 8 nitrogen and oxygen atoms in total. The highest BCUT2D eigenvalue weighted by molar-refractivity contribution is 5.94. The van der Waals surface area contributed by atoms with Gasteiger partial charge in [-0.15, -0.1) is 0 Å². The van der Waals surface area contributed by atoms with Gasteiger partial charge in [-0.3, -0.25) is 4.79 Å². The lowest BCUT2D eigenvalue weighted by atomic mass is 10.0. The van der Waals surface area contributed by atoms with Gasteiger partial charge in [0.2, 0.25) is 0 Å². The number of carbonyl (C=O) groups is 3. The molecule has 0 aliphatic carbocycles. The van der Waals surface area contributed by atoms with Crippen LogP contribution in [0, 0.1) is 0 Å². The Kier molecular flexibility index (Phi) is 7.86. The molecule has 0 aromatic heterocycles. The van der Waals surface area contributed by atoms with E-state index in [9.17, 15) is 14.4 Å². The molecule has 0 saturated heterocycles. The number of carbonyl (C=O) groups excluding carboxylic acids is 3. The van der Waals surface area contributed by atoms with Gasteiger partial charge in [-0.25, -0.2) is 9.59 Å². The van der Waals surface area contributed by atoms with Gasteiger partial charge in [-0.1, -0.05) is 25.1 Å². The summed E-state index contributed by atoms with van der Waals surface area (Å²) in [5, 5.41) is 5.22. The topological polar surface area (TPSA) is 103 Å². The van der Waals surface area contributed by atoms with Crippen molar-refractivity contribution in [2.45, 2.75) is 39.2 Å². The maximum atomic E-state index is 12.3. The van der Waals surface area contributed by atoms with Gasteiger partial charge < -0.3 is 24.8 Å². The molecule has 0 spiro atoms. The van der Waals surface area contributed by atoms with Gasteiger partial charge in [0, 0.05) is 6.42 Å². The van der Waals surface area contributed by atoms with Crippen molar-refractivity contribution in [1.82, 2.24) is 10.6 Å². The lowest BCUT2D eigenvalue weighted by molar-refractivity contribution is -0.143. The Balaban J connectivity index is 2.03. The predicted octanol–water partition coefficient (Wildman–Crippen LogP) is 2.08. The molecule has 0 fully saturated rings. The summed E-state index contributed by atoms with van der Waals surface area (Å²) in [5.41, 5.74) is 1.43. The molecule has 1 aromatic carbocycles. The number of rotatable bonds is 9. The molecule has 28 heavy (non-hydrogen) atoms. The molecule has 152 valence electrons. The number of hydrogen-bond acceptors (Lipinski definition) is 6. The number of methoxy groups -OCH3 is 1. The van der Waals surface area contributed by atoms with Gasteiger partial charge in [0.1, 0.15) is 12.4 Å². The van der Waals surface area contributed by atoms with Crippen molar-refractivity contribution in [3.05, 3.63) is 41.1 Å². The lowest BCUT2D eigenvalue weighted by Crippen LogP contribution is -2.51. The van der Waals surface area contributed by atoms with Crippen LogP contribution < -0.4 is 15.4 Å². The number of amides is 2. The summed E-state index contributed by atoms with van der Waals surface area (Å²) in [4.78, 5) is 36.3. The Morgan fingerprint density at radius 1 is 1.14 bits per heavy atom. The van der Waals surface area contributed by atoms with Crippen LogP contribution in [-0.2, 0) is 25.5 Å². The van der Waals surface area contributed by atoms with Gasteiger partial charge in [-0.05, 0) is 31.4 Å². The summed E-state index contributed by atoms with van der Waals surface area (Å²) in [6.07, 6.45) is 1.11. The number of aryl methyl sites for hydroxylation is 1. The maximum absolute atomic E-state index is 12.3. The zero-order valence-corrected chi connectivity index (χ0v) is 16.4. The molecule has 2 rings (SSSR count). The molecule has 2 N–H and O–H groups in total. The van der Waals surface area contributed by atoms with Crippen molar-refractivity contribution in [3.63, 3.8) is 0 Å². The molecule has 8 heteroatoms. The Labute approximate surface area is 164 Å².